The largest absolute Gasteiger partial charge is 0.383 e. The van der Waals surface area contributed by atoms with Gasteiger partial charge in [0, 0.05) is 38.7 Å². The van der Waals surface area contributed by atoms with Gasteiger partial charge < -0.3 is 20.7 Å². The van der Waals surface area contributed by atoms with Crippen LogP contribution in [0, 0.1) is 5.92 Å². The van der Waals surface area contributed by atoms with Gasteiger partial charge in [0.25, 0.3) is 0 Å². The van der Waals surface area contributed by atoms with E-state index in [0.29, 0.717) is 13.2 Å². The maximum Gasteiger partial charge on any atom is 0.224 e. The van der Waals surface area contributed by atoms with Crippen molar-refractivity contribution in [1.29, 1.82) is 0 Å². The van der Waals surface area contributed by atoms with Crippen LogP contribution in [0.4, 0.5) is 0 Å². The van der Waals surface area contributed by atoms with Crippen molar-refractivity contribution in [3.05, 3.63) is 0 Å². The number of methoxy groups -OCH3 is 1. The zero-order valence-electron chi connectivity index (χ0n) is 10.8. The molecule has 0 radical (unpaired) electrons. The lowest BCUT2D eigenvalue weighted by molar-refractivity contribution is -0.124. The van der Waals surface area contributed by atoms with Gasteiger partial charge in [-0.25, -0.2) is 0 Å². The summed E-state index contributed by atoms with van der Waals surface area (Å²) in [5, 5.41) is 2.87. The molecule has 2 unspecified atom stereocenters. The van der Waals surface area contributed by atoms with Gasteiger partial charge >= 0.3 is 0 Å². The standard InChI is InChI=1S/C11H25N3O2/c1-9(10(2)12)11(15)13-5-6-14(3)7-8-16-4/h9-10H,5-8,12H2,1-4H3,(H,13,15). The number of likely N-dealkylation sites (N-methyl/N-ethyl adjacent to an activating group) is 1. The van der Waals surface area contributed by atoms with Crippen LogP contribution in [0.3, 0.4) is 0 Å². The Labute approximate surface area is 98.3 Å². The number of rotatable bonds is 8. The second-order valence-corrected chi connectivity index (χ2v) is 4.23. The van der Waals surface area contributed by atoms with Gasteiger partial charge in [-0.2, -0.15) is 0 Å². The first-order valence-corrected chi connectivity index (χ1v) is 5.69. The summed E-state index contributed by atoms with van der Waals surface area (Å²) in [5.74, 6) is -0.112. The second kappa shape index (κ2) is 8.50. The topological polar surface area (TPSA) is 67.6 Å². The van der Waals surface area contributed by atoms with E-state index in [1.807, 2.05) is 20.9 Å². The summed E-state index contributed by atoms with van der Waals surface area (Å²) in [4.78, 5) is 13.7. The van der Waals surface area contributed by atoms with Gasteiger partial charge in [-0.05, 0) is 14.0 Å². The van der Waals surface area contributed by atoms with E-state index in [1.54, 1.807) is 7.11 Å². The molecule has 0 fully saturated rings. The fraction of sp³-hybridized carbons (Fsp3) is 0.909. The van der Waals surface area contributed by atoms with Crippen LogP contribution >= 0.6 is 0 Å². The second-order valence-electron chi connectivity index (χ2n) is 4.23. The highest BCUT2D eigenvalue weighted by Gasteiger charge is 2.16. The Morgan fingerprint density at radius 3 is 2.56 bits per heavy atom. The summed E-state index contributed by atoms with van der Waals surface area (Å²) >= 11 is 0. The monoisotopic (exact) mass is 231 g/mol. The predicted molar refractivity (Wildman–Crippen MR) is 65.2 cm³/mol. The third kappa shape index (κ3) is 6.76. The van der Waals surface area contributed by atoms with E-state index in [2.05, 4.69) is 10.2 Å². The first-order chi connectivity index (χ1) is 7.49. The molecule has 0 heterocycles. The van der Waals surface area contributed by atoms with Crippen LogP contribution in [0.1, 0.15) is 13.8 Å². The van der Waals surface area contributed by atoms with Gasteiger partial charge in [-0.3, -0.25) is 4.79 Å². The lowest BCUT2D eigenvalue weighted by Gasteiger charge is -2.18. The van der Waals surface area contributed by atoms with Crippen LogP contribution in [0.5, 0.6) is 0 Å². The molecule has 2 atom stereocenters. The van der Waals surface area contributed by atoms with Crippen molar-refractivity contribution >= 4 is 5.91 Å². The third-order valence-corrected chi connectivity index (χ3v) is 2.67. The number of hydrogen-bond acceptors (Lipinski definition) is 4. The summed E-state index contributed by atoms with van der Waals surface area (Å²) in [7, 11) is 3.68. The number of hydrogen-bond donors (Lipinski definition) is 2. The summed E-state index contributed by atoms with van der Waals surface area (Å²) < 4.78 is 4.96. The minimum absolute atomic E-state index is 0.0233. The SMILES string of the molecule is COCCN(C)CCNC(=O)C(C)C(C)N. The lowest BCUT2D eigenvalue weighted by atomic mass is 10.0. The molecule has 5 nitrogen and oxygen atoms in total. The molecule has 0 aromatic heterocycles. The number of nitrogens with one attached hydrogen (secondary N) is 1. The van der Waals surface area contributed by atoms with E-state index in [4.69, 9.17) is 10.5 Å². The molecule has 0 spiro atoms. The lowest BCUT2D eigenvalue weighted by Crippen LogP contribution is -2.41. The van der Waals surface area contributed by atoms with Crippen molar-refractivity contribution in [2.45, 2.75) is 19.9 Å². The first-order valence-electron chi connectivity index (χ1n) is 5.69. The predicted octanol–water partition coefficient (Wildman–Crippen LogP) is -0.336. The molecule has 0 aliphatic rings. The zero-order chi connectivity index (χ0) is 12.6. The Morgan fingerprint density at radius 1 is 1.44 bits per heavy atom. The van der Waals surface area contributed by atoms with Gasteiger partial charge in [0.1, 0.15) is 0 Å². The Morgan fingerprint density at radius 2 is 2.06 bits per heavy atom. The Balaban J connectivity index is 3.61. The molecule has 3 N–H and O–H groups in total. The van der Waals surface area contributed by atoms with E-state index < -0.39 is 0 Å². The van der Waals surface area contributed by atoms with E-state index in [9.17, 15) is 4.79 Å². The molecule has 0 aliphatic heterocycles. The smallest absolute Gasteiger partial charge is 0.224 e. The Kier molecular flexibility index (Phi) is 8.15. The fourth-order valence-corrected chi connectivity index (χ4v) is 1.13. The summed E-state index contributed by atoms with van der Waals surface area (Å²) in [5.41, 5.74) is 5.65. The molecule has 1 amide bonds. The average Bonchev–Trinajstić information content (AvgIpc) is 2.24. The van der Waals surface area contributed by atoms with E-state index >= 15 is 0 Å². The van der Waals surface area contributed by atoms with E-state index in [-0.39, 0.29) is 17.9 Å². The van der Waals surface area contributed by atoms with Gasteiger partial charge in [0.2, 0.25) is 5.91 Å². The molecular formula is C11H25N3O2. The molecule has 16 heavy (non-hydrogen) atoms. The quantitative estimate of drug-likeness (QED) is 0.600. The van der Waals surface area contributed by atoms with Gasteiger partial charge in [-0.15, -0.1) is 0 Å². The Bertz CT molecular complexity index is 198. The highest BCUT2D eigenvalue weighted by Crippen LogP contribution is 1.98. The summed E-state index contributed by atoms with van der Waals surface area (Å²) in [6.07, 6.45) is 0. The van der Waals surface area contributed by atoms with Crippen LogP contribution in [0.15, 0.2) is 0 Å². The van der Waals surface area contributed by atoms with Gasteiger partial charge in [-0.1, -0.05) is 6.92 Å². The van der Waals surface area contributed by atoms with Crippen molar-refractivity contribution in [1.82, 2.24) is 10.2 Å². The van der Waals surface area contributed by atoms with Crippen LogP contribution in [0.2, 0.25) is 0 Å². The molecule has 0 bridgehead atoms. The van der Waals surface area contributed by atoms with Crippen LogP contribution < -0.4 is 11.1 Å². The molecular weight excluding hydrogens is 206 g/mol. The van der Waals surface area contributed by atoms with Crippen LogP contribution in [0.25, 0.3) is 0 Å². The van der Waals surface area contributed by atoms with Crippen LogP contribution in [-0.4, -0.2) is 57.2 Å². The van der Waals surface area contributed by atoms with E-state index in [0.717, 1.165) is 13.1 Å². The molecule has 5 heteroatoms. The number of carbonyl (C=O) groups is 1. The molecule has 0 aromatic carbocycles. The number of nitrogens with zero attached hydrogens (tertiary/aromatic N) is 1. The van der Waals surface area contributed by atoms with E-state index in [1.165, 1.54) is 0 Å². The highest BCUT2D eigenvalue weighted by atomic mass is 16.5. The molecule has 0 saturated carbocycles. The minimum atomic E-state index is -0.135. The fourth-order valence-electron chi connectivity index (χ4n) is 1.13. The van der Waals surface area contributed by atoms with Crippen LogP contribution in [-0.2, 0) is 9.53 Å². The van der Waals surface area contributed by atoms with Crippen molar-refractivity contribution < 1.29 is 9.53 Å². The molecule has 0 saturated heterocycles. The average molecular weight is 231 g/mol. The number of ether oxygens (including phenoxy) is 1. The highest BCUT2D eigenvalue weighted by molar-refractivity contribution is 5.78. The van der Waals surface area contributed by atoms with Crippen molar-refractivity contribution in [3.63, 3.8) is 0 Å². The maximum atomic E-state index is 11.5. The minimum Gasteiger partial charge on any atom is -0.383 e. The van der Waals surface area contributed by atoms with Crippen molar-refractivity contribution in [3.8, 4) is 0 Å². The Hall–Kier alpha value is -0.650. The summed E-state index contributed by atoms with van der Waals surface area (Å²) in [6.45, 7) is 6.73. The van der Waals surface area contributed by atoms with Crippen molar-refractivity contribution in [2.75, 3.05) is 40.4 Å². The molecule has 0 rings (SSSR count). The normalized spacial score (nSPS) is 14.9. The third-order valence-electron chi connectivity index (χ3n) is 2.67. The summed E-state index contributed by atoms with van der Waals surface area (Å²) in [6, 6.07) is -0.105. The number of carbonyl (C=O) groups excluding carboxylic acids is 1. The number of amides is 1. The van der Waals surface area contributed by atoms with Gasteiger partial charge in [0.05, 0.1) is 6.61 Å². The number of nitrogens with two attached hydrogens (primary N) is 1. The zero-order valence-corrected chi connectivity index (χ0v) is 10.8. The molecule has 0 aromatic rings. The maximum absolute atomic E-state index is 11.5. The molecule has 96 valence electrons. The van der Waals surface area contributed by atoms with Crippen molar-refractivity contribution in [2.24, 2.45) is 11.7 Å². The molecule has 0 aliphatic carbocycles. The van der Waals surface area contributed by atoms with Gasteiger partial charge in [0.15, 0.2) is 0 Å². The first kappa shape index (κ1) is 15.3.